The van der Waals surface area contributed by atoms with Crippen molar-refractivity contribution in [1.29, 1.82) is 0 Å². The van der Waals surface area contributed by atoms with Crippen molar-refractivity contribution in [3.63, 3.8) is 0 Å². The first kappa shape index (κ1) is 10.3. The Bertz CT molecular complexity index is 317. The highest BCUT2D eigenvalue weighted by molar-refractivity contribution is 5.71. The van der Waals surface area contributed by atoms with Gasteiger partial charge in [0.25, 0.3) is 0 Å². The first-order chi connectivity index (χ1) is 6.74. The fraction of sp³-hybridized carbons (Fsp3) is 0.182. The molecule has 0 aliphatic rings. The van der Waals surface area contributed by atoms with E-state index in [1.807, 2.05) is 30.3 Å². The van der Waals surface area contributed by atoms with Crippen LogP contribution in [0, 0.1) is 0 Å². The minimum atomic E-state index is -0.721. The van der Waals surface area contributed by atoms with Crippen molar-refractivity contribution < 1.29 is 14.3 Å². The van der Waals surface area contributed by atoms with Gasteiger partial charge in [-0.25, -0.2) is 4.79 Å². The zero-order valence-corrected chi connectivity index (χ0v) is 8.03. The number of hydrogen-bond acceptors (Lipinski definition) is 3. The minimum absolute atomic E-state index is 0.293. The van der Waals surface area contributed by atoms with Crippen LogP contribution < -0.4 is 0 Å². The maximum atomic E-state index is 10.9. The second-order valence-electron chi connectivity index (χ2n) is 2.57. The summed E-state index contributed by atoms with van der Waals surface area (Å²) in [6.45, 7) is 5.63. The molecule has 0 aliphatic heterocycles. The first-order valence-electron chi connectivity index (χ1n) is 4.33. The zero-order valence-electron chi connectivity index (χ0n) is 8.03. The lowest BCUT2D eigenvalue weighted by Crippen LogP contribution is -2.05. The average molecular weight is 192 g/mol. The molecule has 0 spiro atoms. The van der Waals surface area contributed by atoms with E-state index in [-0.39, 0.29) is 0 Å². The molecule has 14 heavy (non-hydrogen) atoms. The van der Waals surface area contributed by atoms with Gasteiger partial charge in [-0.1, -0.05) is 36.9 Å². The molecule has 0 amide bonds. The smallest absolute Gasteiger partial charge is 0.434 e. The molecule has 0 saturated carbocycles. The molecule has 0 radical (unpaired) electrons. The molecule has 0 aliphatic carbocycles. The number of hydrogen-bond donors (Lipinski definition) is 0. The maximum absolute atomic E-state index is 10.9. The Hall–Kier alpha value is -1.77. The van der Waals surface area contributed by atoms with Crippen LogP contribution in [0.2, 0.25) is 0 Å². The van der Waals surface area contributed by atoms with Crippen LogP contribution in [0.1, 0.15) is 12.5 Å². The Morgan fingerprint density at radius 3 is 2.57 bits per heavy atom. The number of carbonyl (C=O) groups excluding carboxylic acids is 1. The van der Waals surface area contributed by atoms with Crippen molar-refractivity contribution in [2.24, 2.45) is 0 Å². The summed E-state index contributed by atoms with van der Waals surface area (Å²) < 4.78 is 9.43. The van der Waals surface area contributed by atoms with E-state index in [1.54, 1.807) is 6.92 Å². The van der Waals surface area contributed by atoms with Crippen LogP contribution in [0.15, 0.2) is 36.9 Å². The summed E-state index contributed by atoms with van der Waals surface area (Å²) in [6, 6.07) is 9.17. The third kappa shape index (κ3) is 2.94. The van der Waals surface area contributed by atoms with E-state index >= 15 is 0 Å². The fourth-order valence-corrected chi connectivity index (χ4v) is 0.931. The molecule has 0 unspecified atom stereocenters. The summed E-state index contributed by atoms with van der Waals surface area (Å²) >= 11 is 0. The number of rotatable bonds is 3. The van der Waals surface area contributed by atoms with E-state index in [0.29, 0.717) is 12.4 Å². The Morgan fingerprint density at radius 1 is 1.36 bits per heavy atom. The van der Waals surface area contributed by atoms with E-state index in [0.717, 1.165) is 5.56 Å². The van der Waals surface area contributed by atoms with Crippen molar-refractivity contribution in [3.8, 4) is 0 Å². The molecule has 0 heterocycles. The molecule has 1 aromatic carbocycles. The summed E-state index contributed by atoms with van der Waals surface area (Å²) in [5.41, 5.74) is 0.764. The summed E-state index contributed by atoms with van der Waals surface area (Å²) in [4.78, 5) is 10.9. The highest BCUT2D eigenvalue weighted by Gasteiger charge is 2.06. The average Bonchev–Trinajstić information content (AvgIpc) is 2.19. The summed E-state index contributed by atoms with van der Waals surface area (Å²) in [7, 11) is 0. The van der Waals surface area contributed by atoms with Crippen LogP contribution in [0.5, 0.6) is 0 Å². The molecule has 3 heteroatoms. The summed E-state index contributed by atoms with van der Waals surface area (Å²) in [5, 5.41) is 0. The molecule has 0 N–H and O–H groups in total. The predicted molar refractivity (Wildman–Crippen MR) is 53.6 cm³/mol. The van der Waals surface area contributed by atoms with Gasteiger partial charge in [0.15, 0.2) is 0 Å². The van der Waals surface area contributed by atoms with Crippen molar-refractivity contribution in [3.05, 3.63) is 42.5 Å². The van der Waals surface area contributed by atoms with E-state index in [1.165, 1.54) is 0 Å². The van der Waals surface area contributed by atoms with Gasteiger partial charge in [0.2, 0.25) is 0 Å². The van der Waals surface area contributed by atoms with Crippen LogP contribution in [-0.2, 0) is 9.47 Å². The molecule has 0 saturated heterocycles. The standard InChI is InChI=1S/C11H12O3/c1-3-13-11(12)14-9(2)10-7-5-4-6-8-10/h4-8H,2-3H2,1H3. The monoisotopic (exact) mass is 192 g/mol. The number of benzene rings is 1. The Kier molecular flexibility index (Phi) is 3.73. The molecule has 3 nitrogen and oxygen atoms in total. The zero-order chi connectivity index (χ0) is 10.4. The lowest BCUT2D eigenvalue weighted by Gasteiger charge is -2.06. The van der Waals surface area contributed by atoms with Crippen LogP contribution in [-0.4, -0.2) is 12.8 Å². The summed E-state index contributed by atoms with van der Waals surface area (Å²) in [6.07, 6.45) is -0.721. The summed E-state index contributed by atoms with van der Waals surface area (Å²) in [5.74, 6) is 0.295. The Morgan fingerprint density at radius 2 is 2.00 bits per heavy atom. The van der Waals surface area contributed by atoms with Crippen molar-refractivity contribution >= 4 is 11.9 Å². The molecule has 1 aromatic rings. The molecular formula is C11H12O3. The third-order valence-electron chi connectivity index (χ3n) is 1.56. The largest absolute Gasteiger partial charge is 0.513 e. The Balaban J connectivity index is 2.55. The van der Waals surface area contributed by atoms with Gasteiger partial charge >= 0.3 is 6.16 Å². The van der Waals surface area contributed by atoms with Crippen LogP contribution in [0.3, 0.4) is 0 Å². The molecular weight excluding hydrogens is 180 g/mol. The molecule has 0 bridgehead atoms. The highest BCUT2D eigenvalue weighted by Crippen LogP contribution is 2.13. The number of ether oxygens (including phenoxy) is 2. The Labute approximate surface area is 83.0 Å². The van der Waals surface area contributed by atoms with Gasteiger partial charge in [-0.3, -0.25) is 0 Å². The van der Waals surface area contributed by atoms with Gasteiger partial charge < -0.3 is 9.47 Å². The van der Waals surface area contributed by atoms with Gasteiger partial charge in [-0.2, -0.15) is 0 Å². The van der Waals surface area contributed by atoms with Crippen LogP contribution in [0.25, 0.3) is 5.76 Å². The van der Waals surface area contributed by atoms with Crippen molar-refractivity contribution in [2.45, 2.75) is 6.92 Å². The molecule has 74 valence electrons. The van der Waals surface area contributed by atoms with Crippen molar-refractivity contribution in [2.75, 3.05) is 6.61 Å². The SMILES string of the molecule is C=C(OC(=O)OCC)c1ccccc1. The van der Waals surface area contributed by atoms with E-state index in [4.69, 9.17) is 4.74 Å². The van der Waals surface area contributed by atoms with Gasteiger partial charge in [-0.05, 0) is 6.92 Å². The second kappa shape index (κ2) is 5.07. The van der Waals surface area contributed by atoms with Crippen molar-refractivity contribution in [1.82, 2.24) is 0 Å². The maximum Gasteiger partial charge on any atom is 0.513 e. The highest BCUT2D eigenvalue weighted by atomic mass is 16.7. The quantitative estimate of drug-likeness (QED) is 0.545. The third-order valence-corrected chi connectivity index (χ3v) is 1.56. The van der Waals surface area contributed by atoms with E-state index in [2.05, 4.69) is 11.3 Å². The fourth-order valence-electron chi connectivity index (χ4n) is 0.931. The normalized spacial score (nSPS) is 9.21. The van der Waals surface area contributed by atoms with Gasteiger partial charge in [0.05, 0.1) is 6.61 Å². The lowest BCUT2D eigenvalue weighted by atomic mass is 10.2. The van der Waals surface area contributed by atoms with Gasteiger partial charge in [0, 0.05) is 5.56 Å². The molecule has 0 atom stereocenters. The first-order valence-corrected chi connectivity index (χ1v) is 4.33. The molecule has 1 rings (SSSR count). The second-order valence-corrected chi connectivity index (χ2v) is 2.57. The lowest BCUT2D eigenvalue weighted by molar-refractivity contribution is 0.0955. The molecule has 0 fully saturated rings. The predicted octanol–water partition coefficient (Wildman–Crippen LogP) is 2.83. The van der Waals surface area contributed by atoms with Gasteiger partial charge in [-0.15, -0.1) is 0 Å². The van der Waals surface area contributed by atoms with Crippen LogP contribution >= 0.6 is 0 Å². The van der Waals surface area contributed by atoms with E-state index < -0.39 is 6.16 Å². The van der Waals surface area contributed by atoms with E-state index in [9.17, 15) is 4.79 Å². The minimum Gasteiger partial charge on any atom is -0.434 e. The van der Waals surface area contributed by atoms with Gasteiger partial charge in [0.1, 0.15) is 5.76 Å². The topological polar surface area (TPSA) is 35.5 Å². The number of carbonyl (C=O) groups is 1. The van der Waals surface area contributed by atoms with Crippen LogP contribution in [0.4, 0.5) is 4.79 Å². The molecule has 0 aromatic heterocycles.